The van der Waals surface area contributed by atoms with Crippen molar-refractivity contribution in [1.29, 1.82) is 0 Å². The average Bonchev–Trinajstić information content (AvgIpc) is 3.04. The molecule has 5 nitrogen and oxygen atoms in total. The van der Waals surface area contributed by atoms with E-state index in [4.69, 9.17) is 0 Å². The molecule has 0 bridgehead atoms. The van der Waals surface area contributed by atoms with E-state index in [2.05, 4.69) is 10.3 Å². The van der Waals surface area contributed by atoms with Crippen LogP contribution in [0.1, 0.15) is 24.2 Å². The van der Waals surface area contributed by atoms with Crippen molar-refractivity contribution in [2.75, 3.05) is 13.1 Å². The monoisotopic (exact) mass is 361 g/mol. The van der Waals surface area contributed by atoms with Gasteiger partial charge in [-0.15, -0.1) is 0 Å². The first-order valence-electron chi connectivity index (χ1n) is 8.59. The van der Waals surface area contributed by atoms with Crippen LogP contribution in [0, 0.1) is 11.8 Å². The zero-order chi connectivity index (χ0) is 18.8. The second kappa shape index (κ2) is 7.35. The van der Waals surface area contributed by atoms with E-state index in [9.17, 15) is 18.4 Å². The number of nitrogens with one attached hydrogen (secondary N) is 1. The first-order chi connectivity index (χ1) is 12.4. The number of alkyl halides is 2. The standard InChI is InChI=1S/C19H21F2N3O2/c1-11(2)19(26)24-9-14(17(20)21)16(10-24)23-18(25)13-6-5-12-4-3-7-22-15(12)8-13/h3-8,11,14,16-17H,9-10H2,1-2H3,(H,23,25)/t14-,16-/m1/s1. The molecule has 7 heteroatoms. The highest BCUT2D eigenvalue weighted by atomic mass is 19.3. The Balaban J connectivity index is 1.76. The molecule has 0 unspecified atom stereocenters. The van der Waals surface area contributed by atoms with Gasteiger partial charge in [-0.1, -0.05) is 26.0 Å². The van der Waals surface area contributed by atoms with Gasteiger partial charge in [0.2, 0.25) is 12.3 Å². The van der Waals surface area contributed by atoms with Gasteiger partial charge in [-0.05, 0) is 18.2 Å². The van der Waals surface area contributed by atoms with Crippen molar-refractivity contribution in [1.82, 2.24) is 15.2 Å². The molecular formula is C19H21F2N3O2. The molecular weight excluding hydrogens is 340 g/mol. The van der Waals surface area contributed by atoms with E-state index in [0.29, 0.717) is 11.1 Å². The Bertz CT molecular complexity index is 825. The molecule has 3 rings (SSSR count). The Morgan fingerprint density at radius 3 is 2.69 bits per heavy atom. The van der Waals surface area contributed by atoms with Gasteiger partial charge in [0, 0.05) is 36.2 Å². The van der Waals surface area contributed by atoms with Gasteiger partial charge in [0.1, 0.15) is 0 Å². The minimum Gasteiger partial charge on any atom is -0.347 e. The van der Waals surface area contributed by atoms with Gasteiger partial charge in [-0.2, -0.15) is 0 Å². The second-order valence-electron chi connectivity index (χ2n) is 6.89. The number of fused-ring (bicyclic) bond motifs is 1. The fourth-order valence-electron chi connectivity index (χ4n) is 3.24. The molecule has 2 heterocycles. The van der Waals surface area contributed by atoms with Crippen LogP contribution in [0.15, 0.2) is 36.5 Å². The summed E-state index contributed by atoms with van der Waals surface area (Å²) >= 11 is 0. The normalized spacial score (nSPS) is 20.2. The quantitative estimate of drug-likeness (QED) is 0.911. The lowest BCUT2D eigenvalue weighted by Gasteiger charge is -2.19. The lowest BCUT2D eigenvalue weighted by molar-refractivity contribution is -0.133. The molecule has 2 aromatic rings. The van der Waals surface area contributed by atoms with Crippen molar-refractivity contribution < 1.29 is 18.4 Å². The van der Waals surface area contributed by atoms with Crippen LogP contribution in [0.4, 0.5) is 8.78 Å². The summed E-state index contributed by atoms with van der Waals surface area (Å²) in [7, 11) is 0. The second-order valence-corrected chi connectivity index (χ2v) is 6.89. The number of hydrogen-bond donors (Lipinski definition) is 1. The number of carbonyl (C=O) groups is 2. The van der Waals surface area contributed by atoms with Crippen molar-refractivity contribution in [2.24, 2.45) is 11.8 Å². The summed E-state index contributed by atoms with van der Waals surface area (Å²) in [5, 5.41) is 3.57. The third-order valence-electron chi connectivity index (χ3n) is 4.68. The minimum absolute atomic E-state index is 0.0428. The molecule has 2 atom stereocenters. The third kappa shape index (κ3) is 3.66. The molecule has 138 valence electrons. The maximum Gasteiger partial charge on any atom is 0.251 e. The van der Waals surface area contributed by atoms with E-state index >= 15 is 0 Å². The first kappa shape index (κ1) is 18.2. The highest BCUT2D eigenvalue weighted by Gasteiger charge is 2.41. The van der Waals surface area contributed by atoms with Crippen LogP contribution in [0.25, 0.3) is 10.9 Å². The predicted octanol–water partition coefficient (Wildman–Crippen LogP) is 2.71. The highest BCUT2D eigenvalue weighted by molar-refractivity contribution is 5.98. The van der Waals surface area contributed by atoms with E-state index in [1.807, 2.05) is 6.07 Å². The largest absolute Gasteiger partial charge is 0.347 e. The zero-order valence-electron chi connectivity index (χ0n) is 14.7. The summed E-state index contributed by atoms with van der Waals surface area (Å²) in [6.45, 7) is 3.52. The van der Waals surface area contributed by atoms with Crippen LogP contribution < -0.4 is 5.32 Å². The molecule has 1 aliphatic rings. The maximum atomic E-state index is 13.4. The molecule has 0 aliphatic carbocycles. The number of pyridine rings is 1. The van der Waals surface area contributed by atoms with Crippen LogP contribution in [0.5, 0.6) is 0 Å². The Hall–Kier alpha value is -2.57. The van der Waals surface area contributed by atoms with Crippen LogP contribution in [0.2, 0.25) is 0 Å². The average molecular weight is 361 g/mol. The molecule has 1 aliphatic heterocycles. The van der Waals surface area contributed by atoms with Crippen LogP contribution in [0.3, 0.4) is 0 Å². The molecule has 1 fully saturated rings. The van der Waals surface area contributed by atoms with Crippen LogP contribution >= 0.6 is 0 Å². The molecule has 1 aromatic heterocycles. The number of nitrogens with zero attached hydrogens (tertiary/aromatic N) is 2. The van der Waals surface area contributed by atoms with Gasteiger partial charge in [0.15, 0.2) is 0 Å². The van der Waals surface area contributed by atoms with Gasteiger partial charge in [0.05, 0.1) is 17.5 Å². The summed E-state index contributed by atoms with van der Waals surface area (Å²) in [6, 6.07) is 7.95. The number of aromatic nitrogens is 1. The number of likely N-dealkylation sites (tertiary alicyclic amines) is 1. The van der Waals surface area contributed by atoms with E-state index in [1.54, 1.807) is 44.3 Å². The summed E-state index contributed by atoms with van der Waals surface area (Å²) in [5.41, 5.74) is 1.02. The number of carbonyl (C=O) groups excluding carboxylic acids is 2. The van der Waals surface area contributed by atoms with Crippen molar-refractivity contribution in [2.45, 2.75) is 26.3 Å². The van der Waals surface area contributed by atoms with E-state index in [1.165, 1.54) is 4.90 Å². The summed E-state index contributed by atoms with van der Waals surface area (Å²) in [5.74, 6) is -1.95. The third-order valence-corrected chi connectivity index (χ3v) is 4.68. The van der Waals surface area contributed by atoms with Gasteiger partial charge in [-0.3, -0.25) is 14.6 Å². The van der Waals surface area contributed by atoms with Crippen molar-refractivity contribution in [3.05, 3.63) is 42.1 Å². The van der Waals surface area contributed by atoms with E-state index in [-0.39, 0.29) is 24.9 Å². The molecule has 1 aromatic carbocycles. The fraction of sp³-hybridized carbons (Fsp3) is 0.421. The number of rotatable bonds is 4. The molecule has 0 saturated carbocycles. The summed E-state index contributed by atoms with van der Waals surface area (Å²) < 4.78 is 26.8. The number of amides is 2. The number of hydrogen-bond acceptors (Lipinski definition) is 3. The highest BCUT2D eigenvalue weighted by Crippen LogP contribution is 2.25. The molecule has 0 radical (unpaired) electrons. The van der Waals surface area contributed by atoms with Gasteiger partial charge >= 0.3 is 0 Å². The Kier molecular flexibility index (Phi) is 5.15. The maximum absolute atomic E-state index is 13.4. The molecule has 0 spiro atoms. The Morgan fingerprint density at radius 1 is 1.23 bits per heavy atom. The van der Waals surface area contributed by atoms with Gasteiger partial charge < -0.3 is 10.2 Å². The van der Waals surface area contributed by atoms with Gasteiger partial charge in [0.25, 0.3) is 5.91 Å². The number of halogens is 2. The molecule has 26 heavy (non-hydrogen) atoms. The lowest BCUT2D eigenvalue weighted by Crippen LogP contribution is -2.43. The molecule has 1 saturated heterocycles. The molecule has 2 amide bonds. The molecule has 1 N–H and O–H groups in total. The Labute approximate surface area is 150 Å². The smallest absolute Gasteiger partial charge is 0.251 e. The first-order valence-corrected chi connectivity index (χ1v) is 8.59. The van der Waals surface area contributed by atoms with Crippen molar-refractivity contribution >= 4 is 22.7 Å². The lowest BCUT2D eigenvalue weighted by atomic mass is 10.0. The summed E-state index contributed by atoms with van der Waals surface area (Å²) in [6.07, 6.45) is -0.980. The Morgan fingerprint density at radius 2 is 2.00 bits per heavy atom. The number of benzene rings is 1. The minimum atomic E-state index is -2.61. The fourth-order valence-corrected chi connectivity index (χ4v) is 3.24. The van der Waals surface area contributed by atoms with E-state index in [0.717, 1.165) is 5.39 Å². The predicted molar refractivity (Wildman–Crippen MR) is 93.9 cm³/mol. The van der Waals surface area contributed by atoms with Gasteiger partial charge in [-0.25, -0.2) is 8.78 Å². The van der Waals surface area contributed by atoms with E-state index < -0.39 is 24.3 Å². The van der Waals surface area contributed by atoms with Crippen LogP contribution in [-0.2, 0) is 4.79 Å². The van der Waals surface area contributed by atoms with Crippen LogP contribution in [-0.4, -0.2) is 47.3 Å². The van der Waals surface area contributed by atoms with Crippen molar-refractivity contribution in [3.63, 3.8) is 0 Å². The SMILES string of the molecule is CC(C)C(=O)N1C[C@@H](NC(=O)c2ccc3cccnc3c2)[C@H](C(F)F)C1. The topological polar surface area (TPSA) is 62.3 Å². The van der Waals surface area contributed by atoms with Crippen molar-refractivity contribution in [3.8, 4) is 0 Å². The zero-order valence-corrected chi connectivity index (χ0v) is 14.7. The summed E-state index contributed by atoms with van der Waals surface area (Å²) in [4.78, 5) is 30.3.